The predicted molar refractivity (Wildman–Crippen MR) is 83.3 cm³/mol. The van der Waals surface area contributed by atoms with E-state index in [1.165, 1.54) is 13.2 Å². The number of carbonyl (C=O) groups excluding carboxylic acids is 2. The van der Waals surface area contributed by atoms with Crippen molar-refractivity contribution in [2.45, 2.75) is 13.5 Å². The third-order valence-electron chi connectivity index (χ3n) is 3.04. The second-order valence-corrected chi connectivity index (χ2v) is 4.77. The van der Waals surface area contributed by atoms with Gasteiger partial charge in [-0.15, -0.1) is 0 Å². The van der Waals surface area contributed by atoms with Crippen LogP contribution < -0.4 is 15.8 Å². The summed E-state index contributed by atoms with van der Waals surface area (Å²) in [5.41, 5.74) is 6.86. The van der Waals surface area contributed by atoms with Crippen molar-refractivity contribution in [3.63, 3.8) is 0 Å². The quantitative estimate of drug-likeness (QED) is 0.879. The maximum atomic E-state index is 11.6. The monoisotopic (exact) mass is 315 g/mol. The molecular weight excluding hydrogens is 298 g/mol. The zero-order valence-corrected chi connectivity index (χ0v) is 12.8. The molecule has 0 spiro atoms. The van der Waals surface area contributed by atoms with Gasteiger partial charge < -0.3 is 20.5 Å². The maximum Gasteiger partial charge on any atom is 0.404 e. The van der Waals surface area contributed by atoms with E-state index < -0.39 is 6.09 Å². The van der Waals surface area contributed by atoms with Gasteiger partial charge in [-0.25, -0.2) is 4.79 Å². The number of pyridine rings is 1. The smallest absolute Gasteiger partial charge is 0.404 e. The summed E-state index contributed by atoms with van der Waals surface area (Å²) in [5.74, 6) is 0.843. The summed E-state index contributed by atoms with van der Waals surface area (Å²) in [6.07, 6.45) is 0.686. The number of amides is 2. The zero-order valence-electron chi connectivity index (χ0n) is 12.8. The first-order chi connectivity index (χ1) is 11.0. The average Bonchev–Trinajstić information content (AvgIpc) is 2.54. The molecule has 0 aliphatic heterocycles. The van der Waals surface area contributed by atoms with Crippen molar-refractivity contribution in [3.8, 4) is 11.5 Å². The molecule has 2 aromatic rings. The molecule has 0 bridgehead atoms. The van der Waals surface area contributed by atoms with Crippen molar-refractivity contribution in [3.05, 3.63) is 53.3 Å². The number of hydrogen-bond donors (Lipinski definition) is 2. The normalized spacial score (nSPS) is 10.0. The van der Waals surface area contributed by atoms with Crippen LogP contribution in [0.5, 0.6) is 11.5 Å². The van der Waals surface area contributed by atoms with Crippen LogP contribution in [0.1, 0.15) is 21.6 Å². The molecule has 0 aliphatic carbocycles. The highest BCUT2D eigenvalue weighted by Crippen LogP contribution is 2.26. The minimum atomic E-state index is -0.818. The second-order valence-electron chi connectivity index (χ2n) is 4.77. The van der Waals surface area contributed by atoms with Crippen molar-refractivity contribution in [1.29, 1.82) is 0 Å². The molecule has 0 radical (unpaired) electrons. The van der Waals surface area contributed by atoms with Gasteiger partial charge in [-0.3, -0.25) is 9.78 Å². The van der Waals surface area contributed by atoms with Gasteiger partial charge in [0.25, 0.3) is 5.91 Å². The highest BCUT2D eigenvalue weighted by molar-refractivity contribution is 5.92. The molecule has 120 valence electrons. The molecule has 0 aliphatic rings. The van der Waals surface area contributed by atoms with Gasteiger partial charge in [-0.1, -0.05) is 6.07 Å². The summed E-state index contributed by atoms with van der Waals surface area (Å²) in [4.78, 5) is 26.2. The van der Waals surface area contributed by atoms with E-state index in [9.17, 15) is 9.59 Å². The molecule has 1 heterocycles. The minimum Gasteiger partial charge on any atom is -0.457 e. The molecule has 7 heteroatoms. The minimum absolute atomic E-state index is 0.104. The Morgan fingerprint density at radius 1 is 1.26 bits per heavy atom. The van der Waals surface area contributed by atoms with Crippen LogP contribution in [-0.2, 0) is 11.3 Å². The summed E-state index contributed by atoms with van der Waals surface area (Å²) in [5, 5.41) is 2.51. The standard InChI is InChI=1S/C16H17N3O4/c1-10-7-11(9-22-16(17)21)3-4-14(10)23-12-5-6-19-13(8-12)15(20)18-2/h3-8H,9H2,1-2H3,(H2,17,21)(H,18,20). The Morgan fingerprint density at radius 3 is 2.70 bits per heavy atom. The van der Waals surface area contributed by atoms with Crippen LogP contribution in [0.3, 0.4) is 0 Å². The first-order valence-electron chi connectivity index (χ1n) is 6.87. The fourth-order valence-corrected chi connectivity index (χ4v) is 1.92. The van der Waals surface area contributed by atoms with Gasteiger partial charge in [-0.2, -0.15) is 0 Å². The SMILES string of the molecule is CNC(=O)c1cc(Oc2ccc(COC(N)=O)cc2C)ccn1. The van der Waals surface area contributed by atoms with Crippen LogP contribution in [0, 0.1) is 6.92 Å². The fourth-order valence-electron chi connectivity index (χ4n) is 1.92. The molecule has 0 atom stereocenters. The molecule has 3 N–H and O–H groups in total. The van der Waals surface area contributed by atoms with Gasteiger partial charge in [-0.05, 0) is 36.2 Å². The number of carbonyl (C=O) groups is 2. The Labute approximate surface area is 133 Å². The molecular formula is C16H17N3O4. The van der Waals surface area contributed by atoms with Crippen LogP contribution in [0.2, 0.25) is 0 Å². The summed E-state index contributed by atoms with van der Waals surface area (Å²) in [7, 11) is 1.54. The van der Waals surface area contributed by atoms with E-state index in [1.807, 2.05) is 13.0 Å². The third kappa shape index (κ3) is 4.44. The Morgan fingerprint density at radius 2 is 2.04 bits per heavy atom. The molecule has 23 heavy (non-hydrogen) atoms. The van der Waals surface area contributed by atoms with Gasteiger partial charge >= 0.3 is 6.09 Å². The lowest BCUT2D eigenvalue weighted by molar-refractivity contribution is 0.0957. The van der Waals surface area contributed by atoms with Crippen molar-refractivity contribution < 1.29 is 19.1 Å². The number of nitrogens with one attached hydrogen (secondary N) is 1. The van der Waals surface area contributed by atoms with Crippen molar-refractivity contribution in [2.75, 3.05) is 7.05 Å². The highest BCUT2D eigenvalue weighted by atomic mass is 16.5. The van der Waals surface area contributed by atoms with E-state index in [2.05, 4.69) is 10.3 Å². The predicted octanol–water partition coefficient (Wildman–Crippen LogP) is 2.14. The van der Waals surface area contributed by atoms with Crippen LogP contribution in [0.4, 0.5) is 4.79 Å². The lowest BCUT2D eigenvalue weighted by Crippen LogP contribution is -2.18. The molecule has 1 aromatic heterocycles. The topological polar surface area (TPSA) is 104 Å². The molecule has 0 saturated carbocycles. The average molecular weight is 315 g/mol. The summed E-state index contributed by atoms with van der Waals surface area (Å²) in [6.45, 7) is 1.97. The Balaban J connectivity index is 2.14. The number of benzene rings is 1. The van der Waals surface area contributed by atoms with Crippen molar-refractivity contribution >= 4 is 12.0 Å². The van der Waals surface area contributed by atoms with E-state index in [-0.39, 0.29) is 18.2 Å². The largest absolute Gasteiger partial charge is 0.457 e. The number of aromatic nitrogens is 1. The lowest BCUT2D eigenvalue weighted by atomic mass is 10.1. The van der Waals surface area contributed by atoms with E-state index in [1.54, 1.807) is 24.3 Å². The van der Waals surface area contributed by atoms with Crippen molar-refractivity contribution in [2.24, 2.45) is 5.73 Å². The van der Waals surface area contributed by atoms with E-state index in [0.717, 1.165) is 11.1 Å². The summed E-state index contributed by atoms with van der Waals surface area (Å²) >= 11 is 0. The Bertz CT molecular complexity index is 731. The van der Waals surface area contributed by atoms with E-state index in [4.69, 9.17) is 15.2 Å². The fraction of sp³-hybridized carbons (Fsp3) is 0.188. The third-order valence-corrected chi connectivity index (χ3v) is 3.04. The number of ether oxygens (including phenoxy) is 2. The second kappa shape index (κ2) is 7.26. The zero-order chi connectivity index (χ0) is 16.8. The Kier molecular flexibility index (Phi) is 5.14. The first kappa shape index (κ1) is 16.3. The molecule has 0 fully saturated rings. The molecule has 7 nitrogen and oxygen atoms in total. The van der Waals surface area contributed by atoms with Gasteiger partial charge in [0, 0.05) is 19.3 Å². The molecule has 0 unspecified atom stereocenters. The molecule has 1 aromatic carbocycles. The first-order valence-corrected chi connectivity index (χ1v) is 6.87. The van der Waals surface area contributed by atoms with E-state index >= 15 is 0 Å². The molecule has 2 amide bonds. The van der Waals surface area contributed by atoms with Crippen molar-refractivity contribution in [1.82, 2.24) is 10.3 Å². The number of aryl methyl sites for hydroxylation is 1. The van der Waals surface area contributed by atoms with Crippen LogP contribution >= 0.6 is 0 Å². The summed E-state index contributed by atoms with van der Waals surface area (Å²) < 4.78 is 10.5. The summed E-state index contributed by atoms with van der Waals surface area (Å²) in [6, 6.07) is 8.58. The van der Waals surface area contributed by atoms with Crippen LogP contribution in [0.25, 0.3) is 0 Å². The van der Waals surface area contributed by atoms with Gasteiger partial charge in [0.05, 0.1) is 0 Å². The number of nitrogens with two attached hydrogens (primary N) is 1. The molecule has 0 saturated heterocycles. The van der Waals surface area contributed by atoms with Crippen LogP contribution in [-0.4, -0.2) is 24.0 Å². The Hall–Kier alpha value is -3.09. The molecule has 2 rings (SSSR count). The number of rotatable bonds is 5. The number of hydrogen-bond acceptors (Lipinski definition) is 5. The van der Waals surface area contributed by atoms with Crippen LogP contribution in [0.15, 0.2) is 36.5 Å². The van der Waals surface area contributed by atoms with Gasteiger partial charge in [0.2, 0.25) is 0 Å². The lowest BCUT2D eigenvalue weighted by Gasteiger charge is -2.11. The highest BCUT2D eigenvalue weighted by Gasteiger charge is 2.08. The van der Waals surface area contributed by atoms with Gasteiger partial charge in [0.1, 0.15) is 23.8 Å². The maximum absolute atomic E-state index is 11.6. The number of nitrogens with zero attached hydrogens (tertiary/aromatic N) is 1. The van der Waals surface area contributed by atoms with E-state index in [0.29, 0.717) is 11.5 Å². The number of primary amides is 1. The van der Waals surface area contributed by atoms with Gasteiger partial charge in [0.15, 0.2) is 0 Å².